The summed E-state index contributed by atoms with van der Waals surface area (Å²) in [5.74, 6) is 1.70. The van der Waals surface area contributed by atoms with Gasteiger partial charge in [0.15, 0.2) is 0 Å². The number of nitrogens with one attached hydrogen (secondary N) is 1. The molecular weight excluding hydrogens is 226 g/mol. The average molecular weight is 249 g/mol. The molecule has 0 radical (unpaired) electrons. The third-order valence-electron chi connectivity index (χ3n) is 3.57. The fraction of sp³-hybridized carbons (Fsp3) is 0.692. The molecule has 0 amide bonds. The Balaban J connectivity index is 2.16. The molecule has 100 valence electrons. The van der Waals surface area contributed by atoms with Gasteiger partial charge in [-0.15, -0.1) is 0 Å². The van der Waals surface area contributed by atoms with Crippen molar-refractivity contribution in [3.05, 3.63) is 11.8 Å². The third kappa shape index (κ3) is 2.90. The summed E-state index contributed by atoms with van der Waals surface area (Å²) in [5.41, 5.74) is 1.00. The number of likely N-dealkylation sites (tertiary alicyclic amines) is 1. The molecule has 0 aliphatic carbocycles. The van der Waals surface area contributed by atoms with Gasteiger partial charge in [-0.3, -0.25) is 0 Å². The van der Waals surface area contributed by atoms with Crippen LogP contribution in [0.2, 0.25) is 0 Å². The second kappa shape index (κ2) is 5.52. The molecule has 1 unspecified atom stereocenters. The largest absolute Gasteiger partial charge is 0.357 e. The number of likely N-dealkylation sites (N-methyl/N-ethyl adjacent to an activating group) is 2. The van der Waals surface area contributed by atoms with Crippen LogP contribution in [0.1, 0.15) is 18.5 Å². The number of anilines is 2. The van der Waals surface area contributed by atoms with Gasteiger partial charge < -0.3 is 15.1 Å². The molecule has 5 nitrogen and oxygen atoms in total. The summed E-state index contributed by atoms with van der Waals surface area (Å²) in [6.07, 6.45) is 2.49. The predicted molar refractivity (Wildman–Crippen MR) is 75.2 cm³/mol. The van der Waals surface area contributed by atoms with E-state index in [1.807, 2.05) is 14.0 Å². The predicted octanol–water partition coefficient (Wildman–Crippen LogP) is 1.36. The quantitative estimate of drug-likeness (QED) is 0.876. The Morgan fingerprint density at radius 2 is 2.22 bits per heavy atom. The van der Waals surface area contributed by atoms with Crippen LogP contribution in [0.3, 0.4) is 0 Å². The molecule has 0 spiro atoms. The number of aryl methyl sites for hydroxylation is 1. The fourth-order valence-corrected chi connectivity index (χ4v) is 2.49. The molecule has 1 N–H and O–H groups in total. The molecule has 1 aromatic rings. The lowest BCUT2D eigenvalue weighted by molar-refractivity contribution is 0.247. The van der Waals surface area contributed by atoms with Crippen molar-refractivity contribution >= 4 is 11.8 Å². The van der Waals surface area contributed by atoms with E-state index < -0.39 is 0 Å². The molecule has 2 rings (SSSR count). The lowest BCUT2D eigenvalue weighted by atomic mass is 10.1. The van der Waals surface area contributed by atoms with Crippen LogP contribution < -0.4 is 10.2 Å². The highest BCUT2D eigenvalue weighted by Gasteiger charge is 2.22. The normalized spacial score (nSPS) is 20.8. The number of hydrogen-bond donors (Lipinski definition) is 1. The molecule has 1 atom stereocenters. The van der Waals surface area contributed by atoms with Gasteiger partial charge in [0, 0.05) is 38.4 Å². The first kappa shape index (κ1) is 13.1. The second-order valence-electron chi connectivity index (χ2n) is 5.11. The Bertz CT molecular complexity index is 406. The Kier molecular flexibility index (Phi) is 4.01. The molecule has 0 aromatic carbocycles. The van der Waals surface area contributed by atoms with E-state index >= 15 is 0 Å². The highest BCUT2D eigenvalue weighted by molar-refractivity contribution is 5.45. The summed E-state index contributed by atoms with van der Waals surface area (Å²) in [4.78, 5) is 13.5. The van der Waals surface area contributed by atoms with Gasteiger partial charge in [-0.1, -0.05) is 0 Å². The summed E-state index contributed by atoms with van der Waals surface area (Å²) in [6.45, 7) is 4.32. The van der Waals surface area contributed by atoms with E-state index in [4.69, 9.17) is 0 Å². The van der Waals surface area contributed by atoms with Crippen LogP contribution in [-0.2, 0) is 0 Å². The molecule has 1 saturated heterocycles. The van der Waals surface area contributed by atoms with Crippen molar-refractivity contribution in [2.24, 2.45) is 0 Å². The van der Waals surface area contributed by atoms with Crippen molar-refractivity contribution in [2.75, 3.05) is 44.4 Å². The summed E-state index contributed by atoms with van der Waals surface area (Å²) < 4.78 is 0. The minimum atomic E-state index is 0.544. The van der Waals surface area contributed by atoms with Crippen LogP contribution in [0, 0.1) is 6.92 Å². The van der Waals surface area contributed by atoms with Crippen molar-refractivity contribution in [1.82, 2.24) is 14.9 Å². The molecule has 1 aliphatic rings. The van der Waals surface area contributed by atoms with Crippen LogP contribution in [0.5, 0.6) is 0 Å². The Morgan fingerprint density at radius 3 is 2.89 bits per heavy atom. The zero-order valence-corrected chi connectivity index (χ0v) is 11.8. The molecule has 0 saturated carbocycles. The van der Waals surface area contributed by atoms with Gasteiger partial charge >= 0.3 is 0 Å². The molecule has 0 bridgehead atoms. The van der Waals surface area contributed by atoms with Crippen LogP contribution in [0.15, 0.2) is 6.07 Å². The number of nitrogens with zero attached hydrogens (tertiary/aromatic N) is 4. The van der Waals surface area contributed by atoms with Crippen LogP contribution in [0.4, 0.5) is 11.8 Å². The molecule has 1 fully saturated rings. The highest BCUT2D eigenvalue weighted by Crippen LogP contribution is 2.20. The van der Waals surface area contributed by atoms with Gasteiger partial charge in [-0.05, 0) is 33.4 Å². The van der Waals surface area contributed by atoms with Crippen LogP contribution >= 0.6 is 0 Å². The SMILES string of the molecule is CNc1nc(C)cc(N(C)C2CCCN(C)C2)n1. The van der Waals surface area contributed by atoms with Gasteiger partial charge in [0.25, 0.3) is 0 Å². The molecule has 5 heteroatoms. The van der Waals surface area contributed by atoms with Gasteiger partial charge in [0.2, 0.25) is 5.95 Å². The first-order valence-corrected chi connectivity index (χ1v) is 6.55. The smallest absolute Gasteiger partial charge is 0.224 e. The lowest BCUT2D eigenvalue weighted by Gasteiger charge is -2.36. The third-order valence-corrected chi connectivity index (χ3v) is 3.57. The summed E-state index contributed by atoms with van der Waals surface area (Å²) >= 11 is 0. The first-order valence-electron chi connectivity index (χ1n) is 6.55. The zero-order valence-electron chi connectivity index (χ0n) is 11.8. The molecule has 1 aliphatic heterocycles. The van der Waals surface area contributed by atoms with Gasteiger partial charge in [0.05, 0.1) is 0 Å². The topological polar surface area (TPSA) is 44.3 Å². The van der Waals surface area contributed by atoms with Crippen LogP contribution in [-0.4, -0.2) is 55.1 Å². The van der Waals surface area contributed by atoms with Crippen molar-refractivity contribution in [2.45, 2.75) is 25.8 Å². The molecule has 2 heterocycles. The molecule has 1 aromatic heterocycles. The minimum absolute atomic E-state index is 0.544. The van der Waals surface area contributed by atoms with Gasteiger partial charge in [-0.2, -0.15) is 4.98 Å². The maximum atomic E-state index is 4.54. The van der Waals surface area contributed by atoms with Crippen molar-refractivity contribution in [3.8, 4) is 0 Å². The van der Waals surface area contributed by atoms with Gasteiger partial charge in [-0.25, -0.2) is 4.98 Å². The van der Waals surface area contributed by atoms with Crippen molar-refractivity contribution < 1.29 is 0 Å². The summed E-state index contributed by atoms with van der Waals surface area (Å²) in [6, 6.07) is 2.60. The first-order chi connectivity index (χ1) is 8.60. The average Bonchev–Trinajstić information content (AvgIpc) is 2.37. The minimum Gasteiger partial charge on any atom is -0.357 e. The number of aromatic nitrogens is 2. The Morgan fingerprint density at radius 1 is 1.44 bits per heavy atom. The van der Waals surface area contributed by atoms with E-state index in [-0.39, 0.29) is 0 Å². The maximum absolute atomic E-state index is 4.54. The summed E-state index contributed by atoms with van der Waals surface area (Å²) in [5, 5.41) is 3.02. The maximum Gasteiger partial charge on any atom is 0.224 e. The van der Waals surface area contributed by atoms with Crippen molar-refractivity contribution in [3.63, 3.8) is 0 Å². The van der Waals surface area contributed by atoms with Crippen molar-refractivity contribution in [1.29, 1.82) is 0 Å². The van der Waals surface area contributed by atoms with E-state index in [9.17, 15) is 0 Å². The van der Waals surface area contributed by atoms with E-state index in [1.165, 1.54) is 19.4 Å². The van der Waals surface area contributed by atoms with E-state index in [2.05, 4.69) is 45.2 Å². The van der Waals surface area contributed by atoms with E-state index in [0.29, 0.717) is 12.0 Å². The van der Waals surface area contributed by atoms with E-state index in [1.54, 1.807) is 0 Å². The monoisotopic (exact) mass is 249 g/mol. The summed E-state index contributed by atoms with van der Waals surface area (Å²) in [7, 11) is 6.17. The standard InChI is InChI=1S/C13H23N5/c1-10-8-12(16-13(14-2)15-10)18(4)11-6-5-7-17(3)9-11/h8,11H,5-7,9H2,1-4H3,(H,14,15,16). The Labute approximate surface area is 109 Å². The molecular formula is C13H23N5. The highest BCUT2D eigenvalue weighted by atomic mass is 15.3. The lowest BCUT2D eigenvalue weighted by Crippen LogP contribution is -2.45. The molecule has 18 heavy (non-hydrogen) atoms. The number of piperidine rings is 1. The van der Waals surface area contributed by atoms with Crippen LogP contribution in [0.25, 0.3) is 0 Å². The zero-order chi connectivity index (χ0) is 13.1. The number of hydrogen-bond acceptors (Lipinski definition) is 5. The number of rotatable bonds is 3. The second-order valence-corrected chi connectivity index (χ2v) is 5.11. The fourth-order valence-electron chi connectivity index (χ4n) is 2.49. The van der Waals surface area contributed by atoms with Gasteiger partial charge in [0.1, 0.15) is 5.82 Å². The van der Waals surface area contributed by atoms with E-state index in [0.717, 1.165) is 18.1 Å². The Hall–Kier alpha value is -1.36.